The Bertz CT molecular complexity index is 1110. The zero-order valence-corrected chi connectivity index (χ0v) is 15.4. The van der Waals surface area contributed by atoms with E-state index in [0.29, 0.717) is 17.1 Å². The fourth-order valence-electron chi connectivity index (χ4n) is 3.30. The Labute approximate surface area is 164 Å². The summed E-state index contributed by atoms with van der Waals surface area (Å²) in [6.07, 6.45) is 0. The van der Waals surface area contributed by atoms with Gasteiger partial charge in [-0.3, -0.25) is 0 Å². The molecule has 0 aliphatic rings. The van der Waals surface area contributed by atoms with Gasteiger partial charge in [-0.1, -0.05) is 60.7 Å². The van der Waals surface area contributed by atoms with Crippen LogP contribution in [0.25, 0.3) is 22.3 Å². The first-order chi connectivity index (χ1) is 13.6. The van der Waals surface area contributed by atoms with Crippen molar-refractivity contribution >= 4 is 28.4 Å². The maximum atomic E-state index is 6.65. The second-order valence-electron chi connectivity index (χ2n) is 6.65. The number of anilines is 5. The predicted molar refractivity (Wildman–Crippen MR) is 120 cm³/mol. The summed E-state index contributed by atoms with van der Waals surface area (Å²) in [6.45, 7) is 0. The quantitative estimate of drug-likeness (QED) is 0.358. The highest BCUT2D eigenvalue weighted by Gasteiger charge is 2.15. The number of hydrogen-bond donors (Lipinski definition) is 4. The van der Waals surface area contributed by atoms with Gasteiger partial charge in [-0.05, 0) is 47.0 Å². The minimum absolute atomic E-state index is 0.557. The normalized spacial score (nSPS) is 10.6. The molecule has 0 bridgehead atoms. The van der Waals surface area contributed by atoms with Crippen LogP contribution in [-0.2, 0) is 0 Å². The first kappa shape index (κ1) is 17.5. The van der Waals surface area contributed by atoms with Crippen LogP contribution >= 0.6 is 0 Å². The number of benzene rings is 4. The zero-order chi connectivity index (χ0) is 19.5. The van der Waals surface area contributed by atoms with Crippen LogP contribution in [0.2, 0.25) is 0 Å². The summed E-state index contributed by atoms with van der Waals surface area (Å²) in [5.74, 6) is 0. The molecule has 0 atom stereocenters. The third-order valence-corrected chi connectivity index (χ3v) is 4.76. The van der Waals surface area contributed by atoms with Crippen LogP contribution in [-0.4, -0.2) is 0 Å². The van der Waals surface area contributed by atoms with Crippen molar-refractivity contribution in [3.05, 3.63) is 91.0 Å². The number of nitrogens with two attached hydrogens (primary N) is 3. The fraction of sp³-hybridized carbons (Fsp3) is 0. The lowest BCUT2D eigenvalue weighted by Gasteiger charge is -2.18. The van der Waals surface area contributed by atoms with E-state index in [-0.39, 0.29) is 0 Å². The van der Waals surface area contributed by atoms with Gasteiger partial charge in [-0.2, -0.15) is 0 Å². The van der Waals surface area contributed by atoms with Crippen molar-refractivity contribution in [2.45, 2.75) is 0 Å². The highest BCUT2D eigenvalue weighted by molar-refractivity contribution is 5.97. The molecule has 0 aliphatic heterocycles. The molecule has 0 spiro atoms. The van der Waals surface area contributed by atoms with E-state index in [1.54, 1.807) is 0 Å². The molecule has 0 radical (unpaired) electrons. The second-order valence-corrected chi connectivity index (χ2v) is 6.65. The van der Waals surface area contributed by atoms with Gasteiger partial charge in [0.1, 0.15) is 0 Å². The molecule has 4 nitrogen and oxygen atoms in total. The Morgan fingerprint density at radius 3 is 1.93 bits per heavy atom. The second kappa shape index (κ2) is 7.37. The maximum absolute atomic E-state index is 6.65. The minimum Gasteiger partial charge on any atom is -0.397 e. The van der Waals surface area contributed by atoms with Gasteiger partial charge >= 0.3 is 0 Å². The Morgan fingerprint density at radius 1 is 0.571 bits per heavy atom. The van der Waals surface area contributed by atoms with Gasteiger partial charge in [0, 0.05) is 11.3 Å². The molecule has 4 heteroatoms. The van der Waals surface area contributed by atoms with Gasteiger partial charge in [0.2, 0.25) is 0 Å². The van der Waals surface area contributed by atoms with E-state index in [1.807, 2.05) is 72.8 Å². The van der Waals surface area contributed by atoms with Crippen LogP contribution in [0, 0.1) is 0 Å². The summed E-state index contributed by atoms with van der Waals surface area (Å²) in [6, 6.07) is 29.8. The van der Waals surface area contributed by atoms with Gasteiger partial charge in [0.15, 0.2) is 0 Å². The van der Waals surface area contributed by atoms with E-state index in [0.717, 1.165) is 33.6 Å². The molecule has 7 N–H and O–H groups in total. The molecule has 4 aromatic rings. The van der Waals surface area contributed by atoms with Gasteiger partial charge in [-0.15, -0.1) is 0 Å². The molecule has 4 rings (SSSR count). The Morgan fingerprint density at radius 2 is 1.25 bits per heavy atom. The van der Waals surface area contributed by atoms with Crippen LogP contribution in [0.15, 0.2) is 91.0 Å². The van der Waals surface area contributed by atoms with Gasteiger partial charge in [0.25, 0.3) is 0 Å². The first-order valence-electron chi connectivity index (χ1n) is 9.09. The fourth-order valence-corrected chi connectivity index (χ4v) is 3.30. The standard InChI is InChI=1S/C24H22N4/c25-20-13-11-17(15-21(20)26)19-12-14-22(28-18-9-5-2-6-10-18)24(27)23(19)16-7-3-1-4-8-16/h1-15,28H,25-27H2. The molecule has 0 unspecified atom stereocenters. The summed E-state index contributed by atoms with van der Waals surface area (Å²) in [4.78, 5) is 0. The van der Waals surface area contributed by atoms with Gasteiger partial charge in [0.05, 0.1) is 22.7 Å². The van der Waals surface area contributed by atoms with Crippen LogP contribution in [0.1, 0.15) is 0 Å². The lowest BCUT2D eigenvalue weighted by atomic mass is 9.92. The van der Waals surface area contributed by atoms with E-state index < -0.39 is 0 Å². The maximum Gasteiger partial charge on any atom is 0.0639 e. The molecule has 28 heavy (non-hydrogen) atoms. The van der Waals surface area contributed by atoms with Crippen molar-refractivity contribution in [2.24, 2.45) is 0 Å². The average Bonchev–Trinajstić information content (AvgIpc) is 2.73. The molecule has 138 valence electrons. The van der Waals surface area contributed by atoms with Gasteiger partial charge in [-0.25, -0.2) is 0 Å². The molecule has 0 saturated heterocycles. The third kappa shape index (κ3) is 3.35. The SMILES string of the molecule is Nc1ccc(-c2ccc(Nc3ccccc3)c(N)c2-c2ccccc2)cc1N. The zero-order valence-electron chi connectivity index (χ0n) is 15.4. The summed E-state index contributed by atoms with van der Waals surface area (Å²) in [5, 5.41) is 3.41. The van der Waals surface area contributed by atoms with Crippen molar-refractivity contribution in [2.75, 3.05) is 22.5 Å². The molecule has 0 aromatic heterocycles. The third-order valence-electron chi connectivity index (χ3n) is 4.76. The smallest absolute Gasteiger partial charge is 0.0639 e. The summed E-state index contributed by atoms with van der Waals surface area (Å²) < 4.78 is 0. The van der Waals surface area contributed by atoms with Crippen molar-refractivity contribution in [1.29, 1.82) is 0 Å². The highest BCUT2D eigenvalue weighted by atomic mass is 14.9. The number of nitrogen functional groups attached to an aromatic ring is 3. The average molecular weight is 366 g/mol. The lowest BCUT2D eigenvalue weighted by Crippen LogP contribution is -2.01. The van der Waals surface area contributed by atoms with E-state index in [9.17, 15) is 0 Å². The summed E-state index contributed by atoms with van der Waals surface area (Å²) in [7, 11) is 0. The highest BCUT2D eigenvalue weighted by Crippen LogP contribution is 2.42. The number of hydrogen-bond acceptors (Lipinski definition) is 4. The molecule has 0 amide bonds. The van der Waals surface area contributed by atoms with Crippen LogP contribution in [0.3, 0.4) is 0 Å². The molecule has 0 saturated carbocycles. The lowest BCUT2D eigenvalue weighted by molar-refractivity contribution is 1.52. The van der Waals surface area contributed by atoms with E-state index in [4.69, 9.17) is 17.2 Å². The molecule has 0 aliphatic carbocycles. The number of rotatable bonds is 4. The van der Waals surface area contributed by atoms with E-state index >= 15 is 0 Å². The summed E-state index contributed by atoms with van der Waals surface area (Å²) >= 11 is 0. The predicted octanol–water partition coefficient (Wildman–Crippen LogP) is 5.51. The Kier molecular flexibility index (Phi) is 4.60. The van der Waals surface area contributed by atoms with Crippen molar-refractivity contribution < 1.29 is 0 Å². The van der Waals surface area contributed by atoms with E-state index in [2.05, 4.69) is 23.5 Å². The number of nitrogens with one attached hydrogen (secondary N) is 1. The van der Waals surface area contributed by atoms with Crippen molar-refractivity contribution in [1.82, 2.24) is 0 Å². The summed E-state index contributed by atoms with van der Waals surface area (Å²) in [5.41, 5.74) is 26.2. The van der Waals surface area contributed by atoms with Crippen molar-refractivity contribution in [3.63, 3.8) is 0 Å². The van der Waals surface area contributed by atoms with Crippen molar-refractivity contribution in [3.8, 4) is 22.3 Å². The van der Waals surface area contributed by atoms with Crippen LogP contribution in [0.5, 0.6) is 0 Å². The first-order valence-corrected chi connectivity index (χ1v) is 9.09. The number of para-hydroxylation sites is 1. The largest absolute Gasteiger partial charge is 0.397 e. The topological polar surface area (TPSA) is 90.1 Å². The van der Waals surface area contributed by atoms with Crippen LogP contribution < -0.4 is 22.5 Å². The molecule has 0 heterocycles. The van der Waals surface area contributed by atoms with E-state index in [1.165, 1.54) is 0 Å². The monoisotopic (exact) mass is 366 g/mol. The molecular weight excluding hydrogens is 344 g/mol. The Balaban J connectivity index is 1.89. The van der Waals surface area contributed by atoms with Crippen LogP contribution in [0.4, 0.5) is 28.4 Å². The molecule has 0 fully saturated rings. The molecular formula is C24H22N4. The minimum atomic E-state index is 0.557. The van der Waals surface area contributed by atoms with Gasteiger partial charge < -0.3 is 22.5 Å². The molecule has 4 aromatic carbocycles. The Hall–Kier alpha value is -3.92.